The molecule has 0 aromatic carbocycles. The van der Waals surface area contributed by atoms with Crippen LogP contribution in [0.15, 0.2) is 23.8 Å². The first-order chi connectivity index (χ1) is 9.14. The minimum atomic E-state index is -1.46. The van der Waals surface area contributed by atoms with Crippen LogP contribution in [0.5, 0.6) is 0 Å². The highest BCUT2D eigenvalue weighted by Crippen LogP contribution is 2.28. The second-order valence-corrected chi connectivity index (χ2v) is 5.11. The Labute approximate surface area is 120 Å². The lowest BCUT2D eigenvalue weighted by molar-refractivity contribution is -0.131. The van der Waals surface area contributed by atoms with E-state index in [0.717, 1.165) is 0 Å². The van der Waals surface area contributed by atoms with Crippen LogP contribution in [0.25, 0.3) is 0 Å². The van der Waals surface area contributed by atoms with Gasteiger partial charge in [0.15, 0.2) is 0 Å². The van der Waals surface area contributed by atoms with Crippen molar-refractivity contribution in [2.45, 2.75) is 40.3 Å². The first-order valence-corrected chi connectivity index (χ1v) is 6.78. The zero-order valence-electron chi connectivity index (χ0n) is 12.9. The number of amides is 2. The average Bonchev–Trinajstić information content (AvgIpc) is 2.72. The van der Waals surface area contributed by atoms with Gasteiger partial charge in [-0.15, -0.1) is 0 Å². The van der Waals surface area contributed by atoms with Crippen LogP contribution < -0.4 is 11.1 Å². The first-order valence-electron chi connectivity index (χ1n) is 6.78. The third-order valence-corrected chi connectivity index (χ3v) is 3.30. The number of hydrogen-bond donors (Lipinski definition) is 2. The summed E-state index contributed by atoms with van der Waals surface area (Å²) >= 11 is 0. The van der Waals surface area contributed by atoms with E-state index in [2.05, 4.69) is 11.9 Å². The number of nitrogens with two attached hydrogens (primary N) is 1. The van der Waals surface area contributed by atoms with Gasteiger partial charge in [-0.2, -0.15) is 0 Å². The standard InChI is InChI=1S/C13H19FN2O2.C2H6/c1-7(5-8(2)13(3,4)14)9-6-16-12(18)10(9)11(15)17;1-2/h5,9-10H,1,6H2,2-4H3,(H2,15,17)(H,16,18);1-2H3/b8-5+;/t9-,10+;/m1./s1. The molecule has 5 heteroatoms. The fourth-order valence-corrected chi connectivity index (χ4v) is 1.85. The largest absolute Gasteiger partial charge is 0.369 e. The summed E-state index contributed by atoms with van der Waals surface area (Å²) in [7, 11) is 0. The molecule has 1 aliphatic heterocycles. The van der Waals surface area contributed by atoms with E-state index in [9.17, 15) is 14.0 Å². The number of alkyl halides is 1. The highest BCUT2D eigenvalue weighted by atomic mass is 19.1. The molecule has 1 saturated heterocycles. The van der Waals surface area contributed by atoms with Crippen molar-refractivity contribution in [2.24, 2.45) is 17.6 Å². The molecule has 2 atom stereocenters. The van der Waals surface area contributed by atoms with Gasteiger partial charge in [0.25, 0.3) is 0 Å². The van der Waals surface area contributed by atoms with Gasteiger partial charge in [-0.05, 0) is 31.9 Å². The lowest BCUT2D eigenvalue weighted by Crippen LogP contribution is -2.33. The predicted octanol–water partition coefficient (Wildman–Crippen LogP) is 2.11. The second-order valence-electron chi connectivity index (χ2n) is 5.11. The third kappa shape index (κ3) is 4.47. The van der Waals surface area contributed by atoms with E-state index < -0.39 is 23.4 Å². The first kappa shape index (κ1) is 18.4. The molecule has 1 aliphatic rings. The molecule has 0 unspecified atom stereocenters. The van der Waals surface area contributed by atoms with Gasteiger partial charge >= 0.3 is 0 Å². The highest BCUT2D eigenvalue weighted by molar-refractivity contribution is 6.01. The summed E-state index contributed by atoms with van der Waals surface area (Å²) in [5.41, 5.74) is 4.78. The van der Waals surface area contributed by atoms with Gasteiger partial charge < -0.3 is 11.1 Å². The summed E-state index contributed by atoms with van der Waals surface area (Å²) in [6.07, 6.45) is 1.58. The molecule has 0 saturated carbocycles. The van der Waals surface area contributed by atoms with Gasteiger partial charge in [0.05, 0.1) is 0 Å². The van der Waals surface area contributed by atoms with E-state index in [1.54, 1.807) is 13.0 Å². The van der Waals surface area contributed by atoms with E-state index >= 15 is 0 Å². The fraction of sp³-hybridized carbons (Fsp3) is 0.600. The van der Waals surface area contributed by atoms with E-state index in [1.165, 1.54) is 13.8 Å². The van der Waals surface area contributed by atoms with Crippen LogP contribution in [0.3, 0.4) is 0 Å². The van der Waals surface area contributed by atoms with Crippen molar-refractivity contribution in [3.05, 3.63) is 23.8 Å². The summed E-state index contributed by atoms with van der Waals surface area (Å²) in [6.45, 7) is 12.6. The quantitative estimate of drug-likeness (QED) is 0.613. The summed E-state index contributed by atoms with van der Waals surface area (Å²) in [5, 5.41) is 2.57. The molecule has 0 aliphatic carbocycles. The van der Waals surface area contributed by atoms with Crippen LogP contribution >= 0.6 is 0 Å². The number of rotatable bonds is 4. The lowest BCUT2D eigenvalue weighted by atomic mass is 9.86. The van der Waals surface area contributed by atoms with Crippen molar-refractivity contribution in [3.8, 4) is 0 Å². The van der Waals surface area contributed by atoms with E-state index in [1.807, 2.05) is 13.8 Å². The zero-order valence-corrected chi connectivity index (χ0v) is 12.9. The molecule has 0 radical (unpaired) electrons. The molecule has 0 spiro atoms. The Morgan fingerprint density at radius 3 is 2.40 bits per heavy atom. The summed E-state index contributed by atoms with van der Waals surface area (Å²) < 4.78 is 13.7. The molecule has 0 bridgehead atoms. The number of carbonyl (C=O) groups excluding carboxylic acids is 2. The van der Waals surface area contributed by atoms with Crippen LogP contribution in [-0.4, -0.2) is 24.0 Å². The molecule has 4 nitrogen and oxygen atoms in total. The van der Waals surface area contributed by atoms with Gasteiger partial charge in [-0.25, -0.2) is 4.39 Å². The Bertz CT molecular complexity index is 422. The maximum Gasteiger partial charge on any atom is 0.233 e. The minimum absolute atomic E-state index is 0.307. The maximum absolute atomic E-state index is 13.7. The van der Waals surface area contributed by atoms with Gasteiger partial charge in [-0.3, -0.25) is 9.59 Å². The van der Waals surface area contributed by atoms with E-state index in [0.29, 0.717) is 17.7 Å². The van der Waals surface area contributed by atoms with Gasteiger partial charge in [0.2, 0.25) is 11.8 Å². The maximum atomic E-state index is 13.7. The Kier molecular flexibility index (Phi) is 6.62. The van der Waals surface area contributed by atoms with Crippen LogP contribution in [0, 0.1) is 11.8 Å². The van der Waals surface area contributed by atoms with Crippen molar-refractivity contribution in [1.29, 1.82) is 0 Å². The van der Waals surface area contributed by atoms with Gasteiger partial charge in [0, 0.05) is 12.5 Å². The Balaban J connectivity index is 0.00000172. The average molecular weight is 284 g/mol. The summed E-state index contributed by atoms with van der Waals surface area (Å²) in [5.74, 6) is -2.38. The van der Waals surface area contributed by atoms with Crippen molar-refractivity contribution in [1.82, 2.24) is 5.32 Å². The molecule has 2 amide bonds. The Morgan fingerprint density at radius 2 is 2.00 bits per heavy atom. The monoisotopic (exact) mass is 284 g/mol. The van der Waals surface area contributed by atoms with E-state index in [4.69, 9.17) is 5.73 Å². The summed E-state index contributed by atoms with van der Waals surface area (Å²) in [6, 6.07) is 0. The third-order valence-electron chi connectivity index (χ3n) is 3.30. The molecule has 114 valence electrons. The Hall–Kier alpha value is -1.65. The molecule has 1 heterocycles. The van der Waals surface area contributed by atoms with Crippen molar-refractivity contribution in [2.75, 3.05) is 6.54 Å². The highest BCUT2D eigenvalue weighted by Gasteiger charge is 2.40. The van der Waals surface area contributed by atoms with Crippen molar-refractivity contribution in [3.63, 3.8) is 0 Å². The number of halogens is 1. The number of allylic oxidation sites excluding steroid dienone is 2. The van der Waals surface area contributed by atoms with E-state index in [-0.39, 0.29) is 5.91 Å². The topological polar surface area (TPSA) is 72.2 Å². The molecule has 1 fully saturated rings. The second kappa shape index (κ2) is 7.22. The zero-order chi connectivity index (χ0) is 16.1. The number of primary amides is 1. The van der Waals surface area contributed by atoms with Crippen LogP contribution in [0.4, 0.5) is 4.39 Å². The molecular formula is C15H25FN2O2. The normalized spacial score (nSPS) is 22.7. The molecule has 1 rings (SSSR count). The predicted molar refractivity (Wildman–Crippen MR) is 78.6 cm³/mol. The number of nitrogens with one attached hydrogen (secondary N) is 1. The number of hydrogen-bond acceptors (Lipinski definition) is 2. The fourth-order valence-electron chi connectivity index (χ4n) is 1.85. The smallest absolute Gasteiger partial charge is 0.233 e. The summed E-state index contributed by atoms with van der Waals surface area (Å²) in [4.78, 5) is 22.7. The molecule has 20 heavy (non-hydrogen) atoms. The molecule has 3 N–H and O–H groups in total. The van der Waals surface area contributed by atoms with Crippen LogP contribution in [-0.2, 0) is 9.59 Å². The molecule has 0 aromatic heterocycles. The van der Waals surface area contributed by atoms with Crippen molar-refractivity contribution < 1.29 is 14.0 Å². The Morgan fingerprint density at radius 1 is 1.50 bits per heavy atom. The van der Waals surface area contributed by atoms with Gasteiger partial charge in [-0.1, -0.05) is 26.5 Å². The molecule has 0 aromatic rings. The van der Waals surface area contributed by atoms with Gasteiger partial charge in [0.1, 0.15) is 11.6 Å². The van der Waals surface area contributed by atoms with Crippen LogP contribution in [0.1, 0.15) is 34.6 Å². The SMILES string of the molecule is C=C(/C=C(\C)C(C)(C)F)[C@H]1CNC(=O)[C@@H]1C(N)=O.CC. The van der Waals surface area contributed by atoms with Crippen molar-refractivity contribution >= 4 is 11.8 Å². The van der Waals surface area contributed by atoms with Crippen LogP contribution in [0.2, 0.25) is 0 Å². The molecular weight excluding hydrogens is 259 g/mol. The minimum Gasteiger partial charge on any atom is -0.369 e. The number of carbonyl (C=O) groups is 2. The lowest BCUT2D eigenvalue weighted by Gasteiger charge is -2.19.